The Morgan fingerprint density at radius 2 is 2.05 bits per heavy atom. The zero-order chi connectivity index (χ0) is 13.7. The molecule has 0 unspecified atom stereocenters. The van der Waals surface area contributed by atoms with Crippen LogP contribution in [0.15, 0.2) is 18.2 Å². The molecule has 5 heteroatoms. The van der Waals surface area contributed by atoms with E-state index in [0.29, 0.717) is 12.6 Å². The van der Waals surface area contributed by atoms with Crippen LogP contribution in [0.5, 0.6) is 11.5 Å². The maximum absolute atomic E-state index is 11.3. The molecule has 0 bridgehead atoms. The molecule has 1 heterocycles. The lowest BCUT2D eigenvalue weighted by molar-refractivity contribution is 0.311. The molecule has 0 aromatic heterocycles. The van der Waals surface area contributed by atoms with Crippen LogP contribution in [0.2, 0.25) is 0 Å². The second-order valence-electron chi connectivity index (χ2n) is 4.57. The highest BCUT2D eigenvalue weighted by Crippen LogP contribution is 2.31. The monoisotopic (exact) mass is 283 g/mol. The molecule has 1 fully saturated rings. The van der Waals surface area contributed by atoms with Crippen LogP contribution in [0.1, 0.15) is 19.8 Å². The van der Waals surface area contributed by atoms with Crippen molar-refractivity contribution >= 4 is 16.5 Å². The lowest BCUT2D eigenvalue weighted by atomic mass is 10.1. The SMILES string of the molecule is CCOc1ccc(NC2CCS(=O)CC2)cc1OC. The maximum Gasteiger partial charge on any atom is 0.162 e. The van der Waals surface area contributed by atoms with Crippen molar-refractivity contribution in [2.45, 2.75) is 25.8 Å². The lowest BCUT2D eigenvalue weighted by Crippen LogP contribution is -2.29. The number of methoxy groups -OCH3 is 1. The van der Waals surface area contributed by atoms with E-state index in [1.807, 2.05) is 25.1 Å². The molecule has 0 amide bonds. The fourth-order valence-electron chi connectivity index (χ4n) is 2.21. The molecule has 1 N–H and O–H groups in total. The third-order valence-electron chi connectivity index (χ3n) is 3.22. The van der Waals surface area contributed by atoms with Crippen LogP contribution >= 0.6 is 0 Å². The Labute approximate surface area is 116 Å². The van der Waals surface area contributed by atoms with E-state index in [1.165, 1.54) is 0 Å². The molecule has 1 aromatic rings. The van der Waals surface area contributed by atoms with E-state index in [9.17, 15) is 4.21 Å². The molecule has 106 valence electrons. The van der Waals surface area contributed by atoms with Crippen LogP contribution in [0.25, 0.3) is 0 Å². The van der Waals surface area contributed by atoms with Gasteiger partial charge in [0, 0.05) is 40.1 Å². The predicted molar refractivity (Wildman–Crippen MR) is 78.7 cm³/mol. The first-order valence-corrected chi connectivity index (χ1v) is 8.14. The van der Waals surface area contributed by atoms with Crippen molar-refractivity contribution < 1.29 is 13.7 Å². The van der Waals surface area contributed by atoms with Crippen LogP contribution in [0, 0.1) is 0 Å². The van der Waals surface area contributed by atoms with Crippen LogP contribution in [-0.4, -0.2) is 35.5 Å². The third-order valence-corrected chi connectivity index (χ3v) is 4.60. The van der Waals surface area contributed by atoms with Gasteiger partial charge in [-0.1, -0.05) is 0 Å². The summed E-state index contributed by atoms with van der Waals surface area (Å²) in [5, 5.41) is 3.48. The standard InChI is InChI=1S/C14H21NO3S/c1-3-18-13-5-4-12(10-14(13)17-2)15-11-6-8-19(16)9-7-11/h4-5,10-11,15H,3,6-9H2,1-2H3. The Morgan fingerprint density at radius 3 is 2.68 bits per heavy atom. The molecule has 2 rings (SSSR count). The average molecular weight is 283 g/mol. The van der Waals surface area contributed by atoms with Crippen LogP contribution in [-0.2, 0) is 10.8 Å². The number of hydrogen-bond acceptors (Lipinski definition) is 4. The molecule has 1 saturated heterocycles. The molecule has 0 spiro atoms. The van der Waals surface area contributed by atoms with Crippen molar-refractivity contribution in [2.24, 2.45) is 0 Å². The molecule has 1 aliphatic heterocycles. The van der Waals surface area contributed by atoms with Crippen LogP contribution < -0.4 is 14.8 Å². The van der Waals surface area contributed by atoms with Gasteiger partial charge in [-0.2, -0.15) is 0 Å². The van der Waals surface area contributed by atoms with Gasteiger partial charge >= 0.3 is 0 Å². The van der Waals surface area contributed by atoms with Crippen LogP contribution in [0.3, 0.4) is 0 Å². The normalized spacial score (nSPS) is 22.8. The summed E-state index contributed by atoms with van der Waals surface area (Å²) in [7, 11) is 1.03. The van der Waals surface area contributed by atoms with E-state index in [-0.39, 0.29) is 0 Å². The van der Waals surface area contributed by atoms with Gasteiger partial charge in [-0.25, -0.2) is 0 Å². The molecular weight excluding hydrogens is 262 g/mol. The summed E-state index contributed by atoms with van der Waals surface area (Å²) in [6, 6.07) is 6.28. The molecule has 0 saturated carbocycles. The number of benzene rings is 1. The molecular formula is C14H21NO3S. The second-order valence-corrected chi connectivity index (χ2v) is 6.26. The number of hydrogen-bond donors (Lipinski definition) is 1. The maximum atomic E-state index is 11.3. The van der Waals surface area contributed by atoms with E-state index in [1.54, 1.807) is 7.11 Å². The summed E-state index contributed by atoms with van der Waals surface area (Å²) >= 11 is 0. The summed E-state index contributed by atoms with van der Waals surface area (Å²) < 4.78 is 22.1. The van der Waals surface area contributed by atoms with Crippen molar-refractivity contribution in [3.63, 3.8) is 0 Å². The Bertz CT molecular complexity index is 440. The average Bonchev–Trinajstić information content (AvgIpc) is 2.43. The number of rotatable bonds is 5. The molecule has 4 nitrogen and oxygen atoms in total. The quantitative estimate of drug-likeness (QED) is 0.901. The largest absolute Gasteiger partial charge is 0.493 e. The van der Waals surface area contributed by atoms with Gasteiger partial charge in [0.1, 0.15) is 0 Å². The minimum absolute atomic E-state index is 0.403. The first kappa shape index (κ1) is 14.2. The topological polar surface area (TPSA) is 47.6 Å². The van der Waals surface area contributed by atoms with E-state index in [2.05, 4.69) is 5.32 Å². The second kappa shape index (κ2) is 6.80. The van der Waals surface area contributed by atoms with Crippen molar-refractivity contribution in [2.75, 3.05) is 30.5 Å². The fourth-order valence-corrected chi connectivity index (χ4v) is 3.50. The summed E-state index contributed by atoms with van der Waals surface area (Å²) in [5.74, 6) is 3.10. The highest BCUT2D eigenvalue weighted by atomic mass is 32.2. The van der Waals surface area contributed by atoms with Gasteiger partial charge in [-0.05, 0) is 31.9 Å². The summed E-state index contributed by atoms with van der Waals surface area (Å²) in [6.07, 6.45) is 1.92. The first-order valence-electron chi connectivity index (χ1n) is 6.65. The van der Waals surface area contributed by atoms with Gasteiger partial charge in [-0.3, -0.25) is 4.21 Å². The lowest BCUT2D eigenvalue weighted by Gasteiger charge is -2.24. The Kier molecular flexibility index (Phi) is 5.07. The fraction of sp³-hybridized carbons (Fsp3) is 0.571. The van der Waals surface area contributed by atoms with Gasteiger partial charge in [0.2, 0.25) is 0 Å². The van der Waals surface area contributed by atoms with E-state index in [0.717, 1.165) is 41.5 Å². The summed E-state index contributed by atoms with van der Waals surface area (Å²) in [4.78, 5) is 0. The van der Waals surface area contributed by atoms with Gasteiger partial charge in [0.15, 0.2) is 11.5 Å². The Morgan fingerprint density at radius 1 is 1.32 bits per heavy atom. The summed E-state index contributed by atoms with van der Waals surface area (Å²) in [5.41, 5.74) is 1.03. The first-order chi connectivity index (χ1) is 9.22. The van der Waals surface area contributed by atoms with Gasteiger partial charge in [-0.15, -0.1) is 0 Å². The molecule has 0 radical (unpaired) electrons. The van der Waals surface area contributed by atoms with Crippen molar-refractivity contribution in [1.82, 2.24) is 0 Å². The molecule has 0 aliphatic carbocycles. The Balaban J connectivity index is 2.02. The highest BCUT2D eigenvalue weighted by molar-refractivity contribution is 7.85. The smallest absolute Gasteiger partial charge is 0.162 e. The Hall–Kier alpha value is -1.23. The van der Waals surface area contributed by atoms with Gasteiger partial charge < -0.3 is 14.8 Å². The van der Waals surface area contributed by atoms with E-state index in [4.69, 9.17) is 9.47 Å². The molecule has 0 atom stereocenters. The van der Waals surface area contributed by atoms with Crippen LogP contribution in [0.4, 0.5) is 5.69 Å². The summed E-state index contributed by atoms with van der Waals surface area (Å²) in [6.45, 7) is 2.57. The number of ether oxygens (including phenoxy) is 2. The van der Waals surface area contributed by atoms with Gasteiger partial charge in [0.05, 0.1) is 13.7 Å². The third kappa shape index (κ3) is 3.86. The number of anilines is 1. The van der Waals surface area contributed by atoms with E-state index >= 15 is 0 Å². The van der Waals surface area contributed by atoms with Gasteiger partial charge in [0.25, 0.3) is 0 Å². The minimum Gasteiger partial charge on any atom is -0.493 e. The van der Waals surface area contributed by atoms with Crippen molar-refractivity contribution in [3.8, 4) is 11.5 Å². The zero-order valence-corrected chi connectivity index (χ0v) is 12.3. The minimum atomic E-state index is -0.616. The predicted octanol–water partition coefficient (Wildman–Crippen LogP) is 2.42. The number of nitrogens with one attached hydrogen (secondary N) is 1. The molecule has 1 aliphatic rings. The van der Waals surface area contributed by atoms with Crippen molar-refractivity contribution in [1.29, 1.82) is 0 Å². The zero-order valence-electron chi connectivity index (χ0n) is 11.5. The molecule has 1 aromatic carbocycles. The highest BCUT2D eigenvalue weighted by Gasteiger charge is 2.18. The molecule has 19 heavy (non-hydrogen) atoms. The van der Waals surface area contributed by atoms with E-state index < -0.39 is 10.8 Å². The van der Waals surface area contributed by atoms with Crippen molar-refractivity contribution in [3.05, 3.63) is 18.2 Å².